The summed E-state index contributed by atoms with van der Waals surface area (Å²) in [5.41, 5.74) is 0. The third kappa shape index (κ3) is 9.76. The van der Waals surface area contributed by atoms with Gasteiger partial charge in [0.05, 0.1) is 0 Å². The molecule has 0 saturated carbocycles. The van der Waals surface area contributed by atoms with Gasteiger partial charge in [-0.05, 0) is 0 Å². The van der Waals surface area contributed by atoms with Crippen LogP contribution in [0.1, 0.15) is 32.1 Å². The van der Waals surface area contributed by atoms with Crippen LogP contribution in [0.2, 0.25) is 0 Å². The van der Waals surface area contributed by atoms with Gasteiger partial charge in [0.25, 0.3) is 0 Å². The summed E-state index contributed by atoms with van der Waals surface area (Å²) in [7, 11) is 0. The Bertz CT molecular complexity index is 232. The standard InChI is InChI=1S/C5H7.2C5H5.Fe/c3*1-2-4-5-3-1;/h1H,2,4-5H2;2*1-3H,4H2;/q3*-1;+3. The van der Waals surface area contributed by atoms with Crippen molar-refractivity contribution in [3.8, 4) is 0 Å². The van der Waals surface area contributed by atoms with Crippen molar-refractivity contribution in [2.45, 2.75) is 32.1 Å². The van der Waals surface area contributed by atoms with Gasteiger partial charge in [-0.3, -0.25) is 18.2 Å². The minimum absolute atomic E-state index is 0. The van der Waals surface area contributed by atoms with E-state index in [1.54, 1.807) is 0 Å². The van der Waals surface area contributed by atoms with Gasteiger partial charge in [0, 0.05) is 0 Å². The minimum atomic E-state index is 0. The van der Waals surface area contributed by atoms with Crippen LogP contribution in [0.3, 0.4) is 0 Å². The fourth-order valence-electron chi connectivity index (χ4n) is 1.19. The van der Waals surface area contributed by atoms with Crippen LogP contribution < -0.4 is 0 Å². The van der Waals surface area contributed by atoms with E-state index in [4.69, 9.17) is 0 Å². The first-order chi connectivity index (χ1) is 7.50. The summed E-state index contributed by atoms with van der Waals surface area (Å²) in [6.45, 7) is 0. The maximum absolute atomic E-state index is 3.10. The summed E-state index contributed by atoms with van der Waals surface area (Å²) in [6, 6.07) is 0. The maximum Gasteiger partial charge on any atom is 3.00 e. The molecule has 3 rings (SSSR count). The molecule has 0 amide bonds. The summed E-state index contributed by atoms with van der Waals surface area (Å²) < 4.78 is 0. The van der Waals surface area contributed by atoms with E-state index in [0.717, 1.165) is 12.8 Å². The Hall–Kier alpha value is -0.781. The molecular weight excluding hydrogens is 236 g/mol. The van der Waals surface area contributed by atoms with Gasteiger partial charge < -0.3 is 6.08 Å². The molecule has 85 valence electrons. The third-order valence-electron chi connectivity index (χ3n) is 1.99. The summed E-state index contributed by atoms with van der Waals surface area (Å²) in [4.78, 5) is 0. The van der Waals surface area contributed by atoms with Gasteiger partial charge in [-0.15, -0.1) is 12.8 Å². The maximum atomic E-state index is 3.10. The van der Waals surface area contributed by atoms with Crippen molar-refractivity contribution in [1.82, 2.24) is 0 Å². The normalized spacial score (nSPS) is 17.5. The van der Waals surface area contributed by atoms with Crippen LogP contribution in [-0.4, -0.2) is 0 Å². The first-order valence-electron chi connectivity index (χ1n) is 5.48. The van der Waals surface area contributed by atoms with Gasteiger partial charge in [-0.1, -0.05) is 12.8 Å². The Morgan fingerprint density at radius 1 is 0.812 bits per heavy atom. The zero-order chi connectivity index (χ0) is 10.6. The van der Waals surface area contributed by atoms with E-state index in [1.165, 1.54) is 19.3 Å². The first-order valence-corrected chi connectivity index (χ1v) is 5.48. The molecule has 0 aromatic rings. The predicted octanol–water partition coefficient (Wildman–Crippen LogP) is 4.14. The molecule has 0 spiro atoms. The predicted molar refractivity (Wildman–Crippen MR) is 64.8 cm³/mol. The Morgan fingerprint density at radius 2 is 1.44 bits per heavy atom. The molecular formula is C15H17Fe. The average Bonchev–Trinajstić information content (AvgIpc) is 3.09. The molecule has 3 aliphatic carbocycles. The second kappa shape index (κ2) is 12.3. The largest absolute Gasteiger partial charge is 3.00 e. The van der Waals surface area contributed by atoms with E-state index in [1.807, 2.05) is 24.3 Å². The van der Waals surface area contributed by atoms with Crippen LogP contribution in [0, 0.1) is 18.2 Å². The molecule has 1 heteroatoms. The van der Waals surface area contributed by atoms with E-state index in [9.17, 15) is 0 Å². The van der Waals surface area contributed by atoms with Gasteiger partial charge in [0.2, 0.25) is 0 Å². The first kappa shape index (κ1) is 15.2. The van der Waals surface area contributed by atoms with E-state index in [-0.39, 0.29) is 17.1 Å². The zero-order valence-corrected chi connectivity index (χ0v) is 10.5. The molecule has 0 N–H and O–H groups in total. The van der Waals surface area contributed by atoms with E-state index >= 15 is 0 Å². The quantitative estimate of drug-likeness (QED) is 0.449. The molecule has 16 heavy (non-hydrogen) atoms. The van der Waals surface area contributed by atoms with Crippen molar-refractivity contribution in [3.05, 3.63) is 60.8 Å². The molecule has 0 aliphatic heterocycles. The topological polar surface area (TPSA) is 0 Å². The van der Waals surface area contributed by atoms with Crippen LogP contribution in [0.25, 0.3) is 0 Å². The Labute approximate surface area is 110 Å². The molecule has 0 aromatic carbocycles. The van der Waals surface area contributed by atoms with Gasteiger partial charge in [-0.2, -0.15) is 18.6 Å². The molecule has 0 unspecified atom stereocenters. The fourth-order valence-corrected chi connectivity index (χ4v) is 1.19. The van der Waals surface area contributed by atoms with Crippen LogP contribution in [0.15, 0.2) is 42.5 Å². The van der Waals surface area contributed by atoms with Crippen molar-refractivity contribution < 1.29 is 17.1 Å². The molecule has 3 aliphatic rings. The van der Waals surface area contributed by atoms with Gasteiger partial charge in [0.1, 0.15) is 0 Å². The minimum Gasteiger partial charge on any atom is -0.501 e. The fraction of sp³-hybridized carbons (Fsp3) is 0.333. The molecule has 0 saturated heterocycles. The number of hydrogen-bond donors (Lipinski definition) is 0. The second-order valence-corrected chi connectivity index (χ2v) is 3.31. The van der Waals surface area contributed by atoms with Crippen molar-refractivity contribution in [2.24, 2.45) is 0 Å². The van der Waals surface area contributed by atoms with Crippen LogP contribution in [0.5, 0.6) is 0 Å². The zero-order valence-electron chi connectivity index (χ0n) is 9.43. The Balaban J connectivity index is 0.000000205. The SMILES string of the molecule is [C-]1=CC=CC1.[C-]1=CC=CC1.[C-]1=CCCC1.[Fe+3]. The monoisotopic (exact) mass is 253 g/mol. The van der Waals surface area contributed by atoms with Gasteiger partial charge >= 0.3 is 17.1 Å². The van der Waals surface area contributed by atoms with E-state index < -0.39 is 0 Å². The molecule has 0 fully saturated rings. The Kier molecular flexibility index (Phi) is 11.7. The molecule has 0 atom stereocenters. The number of allylic oxidation sites excluding steroid dienone is 10. The second-order valence-electron chi connectivity index (χ2n) is 3.31. The van der Waals surface area contributed by atoms with Crippen molar-refractivity contribution >= 4 is 0 Å². The van der Waals surface area contributed by atoms with Gasteiger partial charge in [-0.25, -0.2) is 24.3 Å². The van der Waals surface area contributed by atoms with E-state index in [0.29, 0.717) is 0 Å². The van der Waals surface area contributed by atoms with Crippen LogP contribution >= 0.6 is 0 Å². The third-order valence-corrected chi connectivity index (χ3v) is 1.99. The molecule has 0 aromatic heterocycles. The molecule has 0 bridgehead atoms. The summed E-state index contributed by atoms with van der Waals surface area (Å²) in [6.07, 6.45) is 29.0. The van der Waals surface area contributed by atoms with E-state index in [2.05, 4.69) is 36.5 Å². The summed E-state index contributed by atoms with van der Waals surface area (Å²) in [5.74, 6) is 0. The summed E-state index contributed by atoms with van der Waals surface area (Å²) >= 11 is 0. The summed E-state index contributed by atoms with van der Waals surface area (Å²) in [5, 5.41) is 0. The number of rotatable bonds is 0. The number of hydrogen-bond acceptors (Lipinski definition) is 0. The Morgan fingerprint density at radius 3 is 1.56 bits per heavy atom. The van der Waals surface area contributed by atoms with Crippen molar-refractivity contribution in [3.63, 3.8) is 0 Å². The van der Waals surface area contributed by atoms with Crippen molar-refractivity contribution in [1.29, 1.82) is 0 Å². The van der Waals surface area contributed by atoms with Crippen LogP contribution in [0.4, 0.5) is 0 Å². The molecule has 1 radical (unpaired) electrons. The average molecular weight is 253 g/mol. The molecule has 0 heterocycles. The smallest absolute Gasteiger partial charge is 0.501 e. The van der Waals surface area contributed by atoms with Crippen LogP contribution in [-0.2, 0) is 17.1 Å². The molecule has 0 nitrogen and oxygen atoms in total. The van der Waals surface area contributed by atoms with Crippen molar-refractivity contribution in [2.75, 3.05) is 0 Å². The van der Waals surface area contributed by atoms with Gasteiger partial charge in [0.15, 0.2) is 0 Å².